The minimum absolute atomic E-state index is 0.326. The first-order valence-corrected chi connectivity index (χ1v) is 9.83. The molecule has 1 aromatic heterocycles. The van der Waals surface area contributed by atoms with Gasteiger partial charge in [-0.2, -0.15) is 0 Å². The summed E-state index contributed by atoms with van der Waals surface area (Å²) in [7, 11) is 0. The number of aromatic nitrogens is 3. The minimum atomic E-state index is -0.327. The number of rotatable bonds is 5. The number of amides is 1. The van der Waals surface area contributed by atoms with Crippen LogP contribution in [0.4, 0.5) is 0 Å². The summed E-state index contributed by atoms with van der Waals surface area (Å²) in [5.41, 5.74) is 7.73. The number of carbonyl (C=O) groups is 1. The van der Waals surface area contributed by atoms with E-state index in [9.17, 15) is 4.79 Å². The molecule has 1 aliphatic carbocycles. The van der Waals surface area contributed by atoms with E-state index in [0.717, 1.165) is 23.0 Å². The Kier molecular flexibility index (Phi) is 5.47. The van der Waals surface area contributed by atoms with Gasteiger partial charge in [0.05, 0.1) is 5.25 Å². The number of carbonyl (C=O) groups excluding carboxylic acids is 1. The number of hydrogen-bond donors (Lipinski definition) is 1. The number of aryl methyl sites for hydroxylation is 1. The average molecular weight is 359 g/mol. The molecule has 1 saturated carbocycles. The number of thioether (sulfide) groups is 1. The maximum absolute atomic E-state index is 11.5. The molecule has 2 N–H and O–H groups in total. The third kappa shape index (κ3) is 3.89. The van der Waals surface area contributed by atoms with Crippen LogP contribution in [-0.2, 0) is 4.79 Å². The summed E-state index contributed by atoms with van der Waals surface area (Å²) >= 11 is 1.41. The van der Waals surface area contributed by atoms with Crippen molar-refractivity contribution >= 4 is 17.7 Å². The largest absolute Gasteiger partial charge is 0.369 e. The van der Waals surface area contributed by atoms with Crippen LogP contribution in [0.3, 0.4) is 0 Å². The normalized spacial score (nSPS) is 21.9. The zero-order chi connectivity index (χ0) is 18.0. The maximum atomic E-state index is 11.5. The highest BCUT2D eigenvalue weighted by Gasteiger charge is 2.29. The Labute approximate surface area is 153 Å². The molecular formula is C19H26N4OS. The van der Waals surface area contributed by atoms with Crippen LogP contribution in [0.15, 0.2) is 29.4 Å². The predicted octanol–water partition coefficient (Wildman–Crippen LogP) is 3.97. The van der Waals surface area contributed by atoms with Crippen LogP contribution in [0.2, 0.25) is 0 Å². The quantitative estimate of drug-likeness (QED) is 0.821. The van der Waals surface area contributed by atoms with Crippen LogP contribution in [-0.4, -0.2) is 25.9 Å². The molecule has 3 atom stereocenters. The van der Waals surface area contributed by atoms with Gasteiger partial charge in [0.25, 0.3) is 0 Å². The zero-order valence-corrected chi connectivity index (χ0v) is 15.9. The first-order chi connectivity index (χ1) is 12.0. The highest BCUT2D eigenvalue weighted by atomic mass is 32.2. The molecule has 0 bridgehead atoms. The Morgan fingerprint density at radius 3 is 2.76 bits per heavy atom. The second-order valence-electron chi connectivity index (χ2n) is 7.04. The summed E-state index contributed by atoms with van der Waals surface area (Å²) in [6.45, 7) is 6.21. The fourth-order valence-corrected chi connectivity index (χ4v) is 4.39. The number of benzene rings is 1. The van der Waals surface area contributed by atoms with Crippen molar-refractivity contribution in [1.82, 2.24) is 14.8 Å². The highest BCUT2D eigenvalue weighted by molar-refractivity contribution is 8.00. The minimum Gasteiger partial charge on any atom is -0.369 e. The smallest absolute Gasteiger partial charge is 0.230 e. The van der Waals surface area contributed by atoms with Gasteiger partial charge < -0.3 is 5.73 Å². The van der Waals surface area contributed by atoms with Crippen molar-refractivity contribution in [2.75, 3.05) is 0 Å². The van der Waals surface area contributed by atoms with Gasteiger partial charge in [-0.3, -0.25) is 9.36 Å². The number of nitrogens with two attached hydrogens (primary N) is 1. The Balaban J connectivity index is 2.05. The van der Waals surface area contributed by atoms with Gasteiger partial charge in [0.15, 0.2) is 11.0 Å². The first kappa shape index (κ1) is 18.0. The van der Waals surface area contributed by atoms with E-state index in [1.807, 2.05) is 13.0 Å². The van der Waals surface area contributed by atoms with Crippen molar-refractivity contribution < 1.29 is 4.79 Å². The molecule has 1 aromatic carbocycles. The molecule has 134 valence electrons. The lowest BCUT2D eigenvalue weighted by atomic mass is 9.85. The molecular weight excluding hydrogens is 332 g/mol. The summed E-state index contributed by atoms with van der Waals surface area (Å²) in [5, 5.41) is 9.38. The lowest BCUT2D eigenvalue weighted by Gasteiger charge is -2.31. The number of hydrogen-bond acceptors (Lipinski definition) is 4. The van der Waals surface area contributed by atoms with Gasteiger partial charge in [-0.05, 0) is 38.7 Å². The Morgan fingerprint density at radius 2 is 2.08 bits per heavy atom. The maximum Gasteiger partial charge on any atom is 0.230 e. The molecule has 3 rings (SSSR count). The molecule has 1 fully saturated rings. The third-order valence-electron chi connectivity index (χ3n) is 5.02. The second-order valence-corrected chi connectivity index (χ2v) is 8.35. The number of primary amides is 1. The van der Waals surface area contributed by atoms with E-state index in [4.69, 9.17) is 5.73 Å². The van der Waals surface area contributed by atoms with Crippen LogP contribution in [0.1, 0.15) is 51.1 Å². The highest BCUT2D eigenvalue weighted by Crippen LogP contribution is 2.39. The lowest BCUT2D eigenvalue weighted by Crippen LogP contribution is -2.25. The summed E-state index contributed by atoms with van der Waals surface area (Å²) in [5.74, 6) is 1.13. The van der Waals surface area contributed by atoms with Crippen LogP contribution >= 0.6 is 11.8 Å². The van der Waals surface area contributed by atoms with E-state index < -0.39 is 0 Å². The van der Waals surface area contributed by atoms with Crippen LogP contribution in [0.25, 0.3) is 11.4 Å². The van der Waals surface area contributed by atoms with Crippen LogP contribution in [0.5, 0.6) is 0 Å². The van der Waals surface area contributed by atoms with E-state index in [1.54, 1.807) is 0 Å². The second kappa shape index (κ2) is 7.60. The molecule has 1 amide bonds. The molecule has 1 aliphatic rings. The summed E-state index contributed by atoms with van der Waals surface area (Å²) in [6.07, 6.45) is 4.83. The average Bonchev–Trinajstić information content (AvgIpc) is 2.98. The van der Waals surface area contributed by atoms with E-state index in [1.165, 1.54) is 36.6 Å². The Bertz CT molecular complexity index is 758. The van der Waals surface area contributed by atoms with Gasteiger partial charge in [0, 0.05) is 11.6 Å². The van der Waals surface area contributed by atoms with Crippen LogP contribution in [0, 0.1) is 12.8 Å². The monoisotopic (exact) mass is 358 g/mol. The van der Waals surface area contributed by atoms with E-state index in [0.29, 0.717) is 12.0 Å². The van der Waals surface area contributed by atoms with Crippen molar-refractivity contribution in [3.8, 4) is 11.4 Å². The van der Waals surface area contributed by atoms with Crippen molar-refractivity contribution in [3.63, 3.8) is 0 Å². The van der Waals surface area contributed by atoms with Crippen molar-refractivity contribution in [2.45, 2.75) is 62.9 Å². The fraction of sp³-hybridized carbons (Fsp3) is 0.526. The van der Waals surface area contributed by atoms with E-state index in [-0.39, 0.29) is 11.2 Å². The predicted molar refractivity (Wildman–Crippen MR) is 101 cm³/mol. The molecule has 0 radical (unpaired) electrons. The fourth-order valence-electron chi connectivity index (χ4n) is 3.53. The molecule has 25 heavy (non-hydrogen) atoms. The summed E-state index contributed by atoms with van der Waals surface area (Å²) in [6, 6.07) is 8.71. The lowest BCUT2D eigenvalue weighted by molar-refractivity contribution is -0.117. The van der Waals surface area contributed by atoms with E-state index >= 15 is 0 Å². The first-order valence-electron chi connectivity index (χ1n) is 8.95. The van der Waals surface area contributed by atoms with Gasteiger partial charge in [-0.25, -0.2) is 0 Å². The van der Waals surface area contributed by atoms with Gasteiger partial charge in [0.1, 0.15) is 0 Å². The molecule has 1 heterocycles. The topological polar surface area (TPSA) is 73.8 Å². The summed E-state index contributed by atoms with van der Waals surface area (Å²) < 4.78 is 2.25. The Morgan fingerprint density at radius 1 is 1.32 bits per heavy atom. The molecule has 2 aromatic rings. The molecule has 0 aliphatic heterocycles. The molecule has 0 saturated heterocycles. The molecule has 6 heteroatoms. The molecule has 0 spiro atoms. The SMILES string of the molecule is Cc1cccc(-c2nnc(S[C@H](C)C(N)=O)n2[C@H]2CCCC[C@H]2C)c1. The van der Waals surface area contributed by atoms with Crippen LogP contribution < -0.4 is 5.73 Å². The van der Waals surface area contributed by atoms with Gasteiger partial charge >= 0.3 is 0 Å². The zero-order valence-electron chi connectivity index (χ0n) is 15.1. The summed E-state index contributed by atoms with van der Waals surface area (Å²) in [4.78, 5) is 11.5. The standard InChI is InChI=1S/C19H26N4OS/c1-12-7-6-9-15(11-12)18-21-22-19(25-14(3)17(20)24)23(18)16-10-5-4-8-13(16)2/h6-7,9,11,13-14,16H,4-5,8,10H2,1-3H3,(H2,20,24)/t13-,14-,16+/m1/s1. The molecule has 0 unspecified atom stereocenters. The van der Waals surface area contributed by atoms with E-state index in [2.05, 4.69) is 46.8 Å². The Hall–Kier alpha value is -1.82. The number of nitrogens with zero attached hydrogens (tertiary/aromatic N) is 3. The van der Waals surface area contributed by atoms with Crippen molar-refractivity contribution in [2.24, 2.45) is 11.7 Å². The third-order valence-corrected chi connectivity index (χ3v) is 6.10. The van der Waals surface area contributed by atoms with Gasteiger partial charge in [-0.1, -0.05) is 55.3 Å². The van der Waals surface area contributed by atoms with Gasteiger partial charge in [-0.15, -0.1) is 10.2 Å². The molecule has 5 nitrogen and oxygen atoms in total. The van der Waals surface area contributed by atoms with Gasteiger partial charge in [0.2, 0.25) is 5.91 Å². The van der Waals surface area contributed by atoms with Crippen molar-refractivity contribution in [3.05, 3.63) is 29.8 Å². The van der Waals surface area contributed by atoms with Crippen molar-refractivity contribution in [1.29, 1.82) is 0 Å².